The lowest BCUT2D eigenvalue weighted by molar-refractivity contribution is 0.111. The molecule has 1 fully saturated rings. The highest BCUT2D eigenvalue weighted by Crippen LogP contribution is 2.33. The van der Waals surface area contributed by atoms with Crippen molar-refractivity contribution in [1.29, 1.82) is 0 Å². The molecular weight excluding hydrogens is 202 g/mol. The summed E-state index contributed by atoms with van der Waals surface area (Å²) in [5, 5.41) is 3.55. The van der Waals surface area contributed by atoms with Crippen molar-refractivity contribution in [1.82, 2.24) is 5.32 Å². The van der Waals surface area contributed by atoms with Crippen molar-refractivity contribution < 1.29 is 9.47 Å². The van der Waals surface area contributed by atoms with Crippen LogP contribution in [0.15, 0.2) is 0 Å². The van der Waals surface area contributed by atoms with Gasteiger partial charge >= 0.3 is 0 Å². The van der Waals surface area contributed by atoms with Gasteiger partial charge in [-0.05, 0) is 26.2 Å². The molecule has 0 aromatic heterocycles. The van der Waals surface area contributed by atoms with Crippen molar-refractivity contribution in [3.63, 3.8) is 0 Å². The van der Waals surface area contributed by atoms with Crippen LogP contribution in [0.25, 0.3) is 0 Å². The van der Waals surface area contributed by atoms with Gasteiger partial charge < -0.3 is 14.8 Å². The molecule has 1 N–H and O–H groups in total. The fraction of sp³-hybridized carbons (Fsp3) is 1.00. The number of rotatable bonds is 8. The maximum absolute atomic E-state index is 5.57. The lowest BCUT2D eigenvalue weighted by atomic mass is 9.82. The van der Waals surface area contributed by atoms with Crippen molar-refractivity contribution in [3.8, 4) is 0 Å². The fourth-order valence-corrected chi connectivity index (χ4v) is 2.19. The highest BCUT2D eigenvalue weighted by atomic mass is 16.5. The fourth-order valence-electron chi connectivity index (χ4n) is 2.19. The highest BCUT2D eigenvalue weighted by molar-refractivity contribution is 4.85. The Morgan fingerprint density at radius 3 is 2.81 bits per heavy atom. The molecule has 0 saturated carbocycles. The number of hydrogen-bond donors (Lipinski definition) is 1. The second kappa shape index (κ2) is 7.25. The zero-order valence-electron chi connectivity index (χ0n) is 11.1. The first-order valence-corrected chi connectivity index (χ1v) is 6.57. The molecule has 0 bridgehead atoms. The van der Waals surface area contributed by atoms with Gasteiger partial charge in [-0.2, -0.15) is 0 Å². The molecule has 1 heterocycles. The Morgan fingerprint density at radius 2 is 2.25 bits per heavy atom. The summed E-state index contributed by atoms with van der Waals surface area (Å²) in [5.41, 5.74) is 0.362. The van der Waals surface area contributed by atoms with Crippen molar-refractivity contribution >= 4 is 0 Å². The zero-order valence-corrected chi connectivity index (χ0v) is 11.1. The minimum absolute atomic E-state index is 0.362. The van der Waals surface area contributed by atoms with E-state index >= 15 is 0 Å². The predicted octanol–water partition coefficient (Wildman–Crippen LogP) is 2.21. The number of hydrogen-bond acceptors (Lipinski definition) is 3. The minimum atomic E-state index is 0.362. The van der Waals surface area contributed by atoms with Crippen LogP contribution in [0.2, 0.25) is 0 Å². The molecule has 1 aliphatic rings. The molecule has 0 amide bonds. The number of ether oxygens (including phenoxy) is 2. The van der Waals surface area contributed by atoms with E-state index in [2.05, 4.69) is 26.1 Å². The molecule has 0 aliphatic carbocycles. The van der Waals surface area contributed by atoms with E-state index in [1.54, 1.807) is 0 Å². The smallest absolute Gasteiger partial charge is 0.0535 e. The van der Waals surface area contributed by atoms with Crippen molar-refractivity contribution in [2.24, 2.45) is 5.41 Å². The van der Waals surface area contributed by atoms with Gasteiger partial charge in [0, 0.05) is 37.8 Å². The number of nitrogens with one attached hydrogen (secondary N) is 1. The van der Waals surface area contributed by atoms with Crippen LogP contribution in [0, 0.1) is 5.41 Å². The summed E-state index contributed by atoms with van der Waals surface area (Å²) in [4.78, 5) is 0. The molecular formula is C13H27NO2. The Balaban J connectivity index is 2.27. The maximum Gasteiger partial charge on any atom is 0.0535 e. The van der Waals surface area contributed by atoms with Crippen molar-refractivity contribution in [2.45, 2.75) is 46.1 Å². The van der Waals surface area contributed by atoms with Crippen LogP contribution >= 0.6 is 0 Å². The molecule has 1 rings (SSSR count). The van der Waals surface area contributed by atoms with Gasteiger partial charge in [-0.3, -0.25) is 0 Å². The zero-order chi connectivity index (χ0) is 11.9. The molecule has 0 spiro atoms. The van der Waals surface area contributed by atoms with Gasteiger partial charge in [0.25, 0.3) is 0 Å². The van der Waals surface area contributed by atoms with E-state index in [9.17, 15) is 0 Å². The summed E-state index contributed by atoms with van der Waals surface area (Å²) in [5.74, 6) is 0. The Kier molecular flexibility index (Phi) is 6.32. The standard InChI is InChI=1S/C13H27NO2/c1-4-15-8-5-6-13(7-9-16-11-13)10-14-12(2)3/h12,14H,4-11H2,1-3H3. The van der Waals surface area contributed by atoms with Gasteiger partial charge in [0.15, 0.2) is 0 Å². The van der Waals surface area contributed by atoms with Gasteiger partial charge in [0.05, 0.1) is 6.61 Å². The molecule has 0 radical (unpaired) electrons. The third-order valence-corrected chi connectivity index (χ3v) is 3.27. The third-order valence-electron chi connectivity index (χ3n) is 3.27. The molecule has 1 aliphatic heterocycles. The van der Waals surface area contributed by atoms with E-state index in [4.69, 9.17) is 9.47 Å². The van der Waals surface area contributed by atoms with Gasteiger partial charge in [0.1, 0.15) is 0 Å². The molecule has 3 heteroatoms. The molecule has 0 aromatic rings. The van der Waals surface area contributed by atoms with Crippen LogP contribution in [0.4, 0.5) is 0 Å². The monoisotopic (exact) mass is 229 g/mol. The Labute approximate surface area is 99.9 Å². The quantitative estimate of drug-likeness (QED) is 0.647. The highest BCUT2D eigenvalue weighted by Gasteiger charge is 2.34. The second-order valence-electron chi connectivity index (χ2n) is 5.14. The molecule has 1 unspecified atom stereocenters. The van der Waals surface area contributed by atoms with Crippen LogP contribution < -0.4 is 5.32 Å². The summed E-state index contributed by atoms with van der Waals surface area (Å²) in [7, 11) is 0. The molecule has 1 saturated heterocycles. The van der Waals surface area contributed by atoms with E-state index in [1.165, 1.54) is 12.8 Å². The summed E-state index contributed by atoms with van der Waals surface area (Å²) in [6.45, 7) is 11.1. The lowest BCUT2D eigenvalue weighted by Crippen LogP contribution is -2.38. The van der Waals surface area contributed by atoms with Crippen LogP contribution in [0.3, 0.4) is 0 Å². The average Bonchev–Trinajstić information content (AvgIpc) is 2.71. The largest absolute Gasteiger partial charge is 0.382 e. The maximum atomic E-state index is 5.57. The van der Waals surface area contributed by atoms with Crippen molar-refractivity contribution in [3.05, 3.63) is 0 Å². The second-order valence-corrected chi connectivity index (χ2v) is 5.14. The summed E-state index contributed by atoms with van der Waals surface area (Å²) >= 11 is 0. The van der Waals surface area contributed by atoms with Gasteiger partial charge in [-0.1, -0.05) is 13.8 Å². The summed E-state index contributed by atoms with van der Waals surface area (Å²) in [6, 6.07) is 0.560. The Hall–Kier alpha value is -0.120. The Morgan fingerprint density at radius 1 is 1.44 bits per heavy atom. The van der Waals surface area contributed by atoms with Crippen molar-refractivity contribution in [2.75, 3.05) is 33.0 Å². The predicted molar refractivity (Wildman–Crippen MR) is 66.7 cm³/mol. The molecule has 3 nitrogen and oxygen atoms in total. The SMILES string of the molecule is CCOCCCC1(CNC(C)C)CCOC1. The van der Waals surface area contributed by atoms with E-state index < -0.39 is 0 Å². The summed E-state index contributed by atoms with van der Waals surface area (Å²) < 4.78 is 11.0. The van der Waals surface area contributed by atoms with Crippen LogP contribution in [0.1, 0.15) is 40.0 Å². The first kappa shape index (κ1) is 13.9. The van der Waals surface area contributed by atoms with E-state index in [0.717, 1.165) is 39.4 Å². The molecule has 16 heavy (non-hydrogen) atoms. The average molecular weight is 229 g/mol. The molecule has 96 valence electrons. The molecule has 0 aromatic carbocycles. The van der Waals surface area contributed by atoms with Gasteiger partial charge in [-0.15, -0.1) is 0 Å². The minimum Gasteiger partial charge on any atom is -0.382 e. The van der Waals surface area contributed by atoms with E-state index in [1.807, 2.05) is 0 Å². The van der Waals surface area contributed by atoms with Gasteiger partial charge in [0.2, 0.25) is 0 Å². The van der Waals surface area contributed by atoms with Crippen LogP contribution in [-0.2, 0) is 9.47 Å². The first-order valence-electron chi connectivity index (χ1n) is 6.57. The van der Waals surface area contributed by atoms with Gasteiger partial charge in [-0.25, -0.2) is 0 Å². The van der Waals surface area contributed by atoms with Crippen LogP contribution in [-0.4, -0.2) is 39.0 Å². The normalized spacial score (nSPS) is 25.5. The summed E-state index contributed by atoms with van der Waals surface area (Å²) in [6.07, 6.45) is 3.56. The first-order chi connectivity index (χ1) is 7.68. The van der Waals surface area contributed by atoms with E-state index in [-0.39, 0.29) is 0 Å². The van der Waals surface area contributed by atoms with Crippen LogP contribution in [0.5, 0.6) is 0 Å². The third kappa shape index (κ3) is 4.81. The lowest BCUT2D eigenvalue weighted by Gasteiger charge is -2.28. The Bertz CT molecular complexity index is 177. The topological polar surface area (TPSA) is 30.5 Å². The van der Waals surface area contributed by atoms with E-state index in [0.29, 0.717) is 11.5 Å². The molecule has 1 atom stereocenters.